The van der Waals surface area contributed by atoms with E-state index in [2.05, 4.69) is 27.5 Å². The number of aromatic nitrogens is 2. The standard InChI is InChI=1S/C15H25N3/c1-2-4-8-15(7-3-1)18-12-14(11-17-18)13-6-5-9-16-10-13/h11-13,15-16H,1-10H2. The maximum absolute atomic E-state index is 4.65. The summed E-state index contributed by atoms with van der Waals surface area (Å²) in [6.07, 6.45) is 15.3. The third kappa shape index (κ3) is 2.77. The summed E-state index contributed by atoms with van der Waals surface area (Å²) in [4.78, 5) is 0. The zero-order valence-corrected chi connectivity index (χ0v) is 11.3. The first-order valence-corrected chi connectivity index (χ1v) is 7.68. The number of piperidine rings is 1. The summed E-state index contributed by atoms with van der Waals surface area (Å²) >= 11 is 0. The maximum Gasteiger partial charge on any atom is 0.0525 e. The Labute approximate surface area is 110 Å². The third-order valence-corrected chi connectivity index (χ3v) is 4.59. The van der Waals surface area contributed by atoms with Gasteiger partial charge in [-0.2, -0.15) is 5.10 Å². The van der Waals surface area contributed by atoms with Crippen molar-refractivity contribution in [2.45, 2.75) is 63.3 Å². The van der Waals surface area contributed by atoms with Crippen molar-refractivity contribution in [3.8, 4) is 0 Å². The van der Waals surface area contributed by atoms with Gasteiger partial charge in [-0.1, -0.05) is 25.7 Å². The quantitative estimate of drug-likeness (QED) is 0.813. The maximum atomic E-state index is 4.65. The molecule has 3 heteroatoms. The summed E-state index contributed by atoms with van der Waals surface area (Å²) in [5.41, 5.74) is 1.45. The van der Waals surface area contributed by atoms with Gasteiger partial charge in [-0.3, -0.25) is 4.68 Å². The molecule has 0 bridgehead atoms. The molecule has 2 fully saturated rings. The highest BCUT2D eigenvalue weighted by atomic mass is 15.3. The van der Waals surface area contributed by atoms with E-state index in [1.165, 1.54) is 63.5 Å². The minimum atomic E-state index is 0.665. The lowest BCUT2D eigenvalue weighted by Crippen LogP contribution is -2.28. The van der Waals surface area contributed by atoms with Gasteiger partial charge < -0.3 is 5.32 Å². The average molecular weight is 247 g/mol. The SMILES string of the molecule is c1nn(C2CCCCCC2)cc1C1CCCNC1. The smallest absolute Gasteiger partial charge is 0.0525 e. The second-order valence-electron chi connectivity index (χ2n) is 5.94. The van der Waals surface area contributed by atoms with Gasteiger partial charge in [-0.25, -0.2) is 0 Å². The molecule has 1 aliphatic carbocycles. The number of nitrogens with one attached hydrogen (secondary N) is 1. The molecule has 1 aliphatic heterocycles. The van der Waals surface area contributed by atoms with Gasteiger partial charge in [-0.15, -0.1) is 0 Å². The van der Waals surface area contributed by atoms with Gasteiger partial charge >= 0.3 is 0 Å². The normalized spacial score (nSPS) is 27.0. The molecular formula is C15H25N3. The van der Waals surface area contributed by atoms with E-state index in [0.717, 1.165) is 6.54 Å². The van der Waals surface area contributed by atoms with Crippen molar-refractivity contribution in [1.82, 2.24) is 15.1 Å². The monoisotopic (exact) mass is 247 g/mol. The molecular weight excluding hydrogens is 222 g/mol. The Kier molecular flexibility index (Phi) is 3.99. The van der Waals surface area contributed by atoms with Crippen molar-refractivity contribution in [3.05, 3.63) is 18.0 Å². The van der Waals surface area contributed by atoms with Gasteiger partial charge in [0, 0.05) is 12.7 Å². The fourth-order valence-electron chi connectivity index (χ4n) is 3.42. The predicted molar refractivity (Wildman–Crippen MR) is 73.8 cm³/mol. The van der Waals surface area contributed by atoms with Gasteiger partial charge in [0.15, 0.2) is 0 Å². The van der Waals surface area contributed by atoms with Crippen LogP contribution in [0.3, 0.4) is 0 Å². The summed E-state index contributed by atoms with van der Waals surface area (Å²) < 4.78 is 2.26. The van der Waals surface area contributed by atoms with Crippen LogP contribution in [0.15, 0.2) is 12.4 Å². The van der Waals surface area contributed by atoms with E-state index in [1.807, 2.05) is 0 Å². The highest BCUT2D eigenvalue weighted by molar-refractivity contribution is 5.13. The average Bonchev–Trinajstić information content (AvgIpc) is 2.76. The molecule has 3 nitrogen and oxygen atoms in total. The lowest BCUT2D eigenvalue weighted by atomic mass is 9.94. The molecule has 0 aromatic carbocycles. The molecule has 1 atom stereocenters. The highest BCUT2D eigenvalue weighted by Gasteiger charge is 2.19. The molecule has 3 rings (SSSR count). The molecule has 2 heterocycles. The Bertz CT molecular complexity index is 358. The highest BCUT2D eigenvalue weighted by Crippen LogP contribution is 2.29. The molecule has 0 radical (unpaired) electrons. The van der Waals surface area contributed by atoms with Gasteiger partial charge in [0.05, 0.1) is 12.2 Å². The van der Waals surface area contributed by atoms with Gasteiger partial charge in [0.1, 0.15) is 0 Å². The Hall–Kier alpha value is -0.830. The van der Waals surface area contributed by atoms with Crippen LogP contribution in [0.2, 0.25) is 0 Å². The molecule has 18 heavy (non-hydrogen) atoms. The molecule has 1 aromatic rings. The largest absolute Gasteiger partial charge is 0.316 e. The van der Waals surface area contributed by atoms with Crippen LogP contribution >= 0.6 is 0 Å². The summed E-state index contributed by atoms with van der Waals surface area (Å²) in [6.45, 7) is 2.32. The second-order valence-corrected chi connectivity index (χ2v) is 5.94. The molecule has 1 aromatic heterocycles. The zero-order valence-electron chi connectivity index (χ0n) is 11.3. The van der Waals surface area contributed by atoms with E-state index >= 15 is 0 Å². The van der Waals surface area contributed by atoms with E-state index in [0.29, 0.717) is 12.0 Å². The van der Waals surface area contributed by atoms with Crippen LogP contribution in [-0.4, -0.2) is 22.9 Å². The first kappa shape index (κ1) is 12.2. The van der Waals surface area contributed by atoms with Crippen molar-refractivity contribution in [3.63, 3.8) is 0 Å². The summed E-state index contributed by atoms with van der Waals surface area (Å²) in [5.74, 6) is 0.693. The van der Waals surface area contributed by atoms with Crippen molar-refractivity contribution in [2.24, 2.45) is 0 Å². The molecule has 1 N–H and O–H groups in total. The summed E-state index contributed by atoms with van der Waals surface area (Å²) in [5, 5.41) is 8.14. The molecule has 0 amide bonds. The van der Waals surface area contributed by atoms with E-state index in [1.54, 1.807) is 0 Å². The van der Waals surface area contributed by atoms with Crippen LogP contribution in [0, 0.1) is 0 Å². The minimum absolute atomic E-state index is 0.665. The van der Waals surface area contributed by atoms with E-state index in [9.17, 15) is 0 Å². The number of nitrogens with zero attached hydrogens (tertiary/aromatic N) is 2. The third-order valence-electron chi connectivity index (χ3n) is 4.59. The Morgan fingerprint density at radius 1 is 1.06 bits per heavy atom. The Morgan fingerprint density at radius 2 is 1.89 bits per heavy atom. The second kappa shape index (κ2) is 5.87. The topological polar surface area (TPSA) is 29.9 Å². The van der Waals surface area contributed by atoms with Crippen LogP contribution < -0.4 is 5.32 Å². The zero-order chi connectivity index (χ0) is 12.2. The number of hydrogen-bond acceptors (Lipinski definition) is 2. The molecule has 1 unspecified atom stereocenters. The number of hydrogen-bond donors (Lipinski definition) is 1. The Morgan fingerprint density at radius 3 is 2.61 bits per heavy atom. The molecule has 0 spiro atoms. The van der Waals surface area contributed by atoms with Gasteiger partial charge in [0.2, 0.25) is 0 Å². The van der Waals surface area contributed by atoms with Crippen LogP contribution in [0.5, 0.6) is 0 Å². The van der Waals surface area contributed by atoms with E-state index < -0.39 is 0 Å². The van der Waals surface area contributed by atoms with Crippen molar-refractivity contribution < 1.29 is 0 Å². The molecule has 1 saturated heterocycles. The van der Waals surface area contributed by atoms with E-state index in [-0.39, 0.29) is 0 Å². The van der Waals surface area contributed by atoms with Gasteiger partial charge in [-0.05, 0) is 43.7 Å². The predicted octanol–water partition coefficient (Wildman–Crippen LogP) is 3.25. The van der Waals surface area contributed by atoms with Crippen molar-refractivity contribution in [2.75, 3.05) is 13.1 Å². The van der Waals surface area contributed by atoms with E-state index in [4.69, 9.17) is 0 Å². The Balaban J connectivity index is 1.67. The fourth-order valence-corrected chi connectivity index (χ4v) is 3.42. The minimum Gasteiger partial charge on any atom is -0.316 e. The van der Waals surface area contributed by atoms with Crippen LogP contribution in [-0.2, 0) is 0 Å². The first-order chi connectivity index (χ1) is 8.93. The lowest BCUT2D eigenvalue weighted by molar-refractivity contribution is 0.404. The first-order valence-electron chi connectivity index (χ1n) is 7.68. The fraction of sp³-hybridized carbons (Fsp3) is 0.800. The number of rotatable bonds is 2. The van der Waals surface area contributed by atoms with Crippen molar-refractivity contribution >= 4 is 0 Å². The van der Waals surface area contributed by atoms with Gasteiger partial charge in [0.25, 0.3) is 0 Å². The molecule has 100 valence electrons. The van der Waals surface area contributed by atoms with Crippen LogP contribution in [0.4, 0.5) is 0 Å². The van der Waals surface area contributed by atoms with Crippen molar-refractivity contribution in [1.29, 1.82) is 0 Å². The lowest BCUT2D eigenvalue weighted by Gasteiger charge is -2.21. The summed E-state index contributed by atoms with van der Waals surface area (Å²) in [6, 6.07) is 0.665. The summed E-state index contributed by atoms with van der Waals surface area (Å²) in [7, 11) is 0. The van der Waals surface area contributed by atoms with Crippen LogP contribution in [0.1, 0.15) is 68.9 Å². The molecule has 1 saturated carbocycles. The van der Waals surface area contributed by atoms with Crippen LogP contribution in [0.25, 0.3) is 0 Å². The molecule has 2 aliphatic rings.